The number of ether oxygens (including phenoxy) is 3. The van der Waals surface area contributed by atoms with E-state index in [1.165, 1.54) is 38.5 Å². The van der Waals surface area contributed by atoms with E-state index in [1.54, 1.807) is 18.2 Å². The monoisotopic (exact) mass is 392 g/mol. The third-order valence-corrected chi connectivity index (χ3v) is 3.62. The number of nitrogens with one attached hydrogen (secondary N) is 2. The Kier molecular flexibility index (Phi) is 7.01. The molecule has 0 aliphatic carbocycles. The summed E-state index contributed by atoms with van der Waals surface area (Å²) < 4.78 is 14.9. The molecule has 9 heteroatoms. The van der Waals surface area contributed by atoms with Gasteiger partial charge in [-0.25, -0.2) is 4.79 Å². The van der Waals surface area contributed by atoms with Crippen molar-refractivity contribution in [3.05, 3.63) is 58.6 Å². The van der Waals surface area contributed by atoms with Crippen LogP contribution in [0.5, 0.6) is 11.5 Å². The fourth-order valence-electron chi connectivity index (χ4n) is 2.03. The van der Waals surface area contributed by atoms with Crippen LogP contribution >= 0.6 is 11.6 Å². The van der Waals surface area contributed by atoms with Crippen molar-refractivity contribution >= 4 is 29.4 Å². The lowest BCUT2D eigenvalue weighted by atomic mass is 10.2. The molecular formula is C18H17ClN2O6. The van der Waals surface area contributed by atoms with Crippen LogP contribution in [0.15, 0.2) is 42.5 Å². The van der Waals surface area contributed by atoms with Crippen LogP contribution in [-0.4, -0.2) is 38.6 Å². The lowest BCUT2D eigenvalue weighted by molar-refractivity contribution is -0.125. The molecule has 0 heterocycles. The predicted octanol–water partition coefficient (Wildman–Crippen LogP) is 1.98. The van der Waals surface area contributed by atoms with Gasteiger partial charge in [0, 0.05) is 5.02 Å². The molecule has 0 radical (unpaired) electrons. The van der Waals surface area contributed by atoms with E-state index in [-0.39, 0.29) is 16.9 Å². The van der Waals surface area contributed by atoms with Crippen LogP contribution in [0.4, 0.5) is 0 Å². The maximum absolute atomic E-state index is 12.1. The maximum atomic E-state index is 12.1. The minimum Gasteiger partial charge on any atom is -0.497 e. The van der Waals surface area contributed by atoms with Crippen LogP contribution < -0.4 is 20.3 Å². The molecule has 0 bridgehead atoms. The van der Waals surface area contributed by atoms with E-state index < -0.39 is 24.4 Å². The van der Waals surface area contributed by atoms with Gasteiger partial charge < -0.3 is 14.2 Å². The van der Waals surface area contributed by atoms with Gasteiger partial charge in [0.1, 0.15) is 11.5 Å². The number of benzene rings is 2. The van der Waals surface area contributed by atoms with Crippen molar-refractivity contribution in [2.24, 2.45) is 0 Å². The van der Waals surface area contributed by atoms with E-state index in [2.05, 4.69) is 10.9 Å². The highest BCUT2D eigenvalue weighted by Gasteiger charge is 2.15. The van der Waals surface area contributed by atoms with E-state index in [0.29, 0.717) is 10.8 Å². The van der Waals surface area contributed by atoms with Gasteiger partial charge in [-0.15, -0.1) is 0 Å². The molecule has 0 spiro atoms. The molecule has 2 amide bonds. The number of halogens is 1. The van der Waals surface area contributed by atoms with Crippen molar-refractivity contribution < 1.29 is 28.6 Å². The van der Waals surface area contributed by atoms with Gasteiger partial charge in [-0.1, -0.05) is 11.6 Å². The second kappa shape index (κ2) is 9.44. The number of carbonyl (C=O) groups is 3. The summed E-state index contributed by atoms with van der Waals surface area (Å²) in [7, 11) is 2.90. The molecule has 27 heavy (non-hydrogen) atoms. The molecule has 0 aliphatic heterocycles. The quantitative estimate of drug-likeness (QED) is 0.575. The summed E-state index contributed by atoms with van der Waals surface area (Å²) in [5.74, 6) is -1.16. The van der Waals surface area contributed by atoms with Crippen molar-refractivity contribution in [1.29, 1.82) is 0 Å². The summed E-state index contributed by atoms with van der Waals surface area (Å²) in [6, 6.07) is 10.7. The first-order chi connectivity index (χ1) is 12.9. The molecule has 8 nitrogen and oxygen atoms in total. The van der Waals surface area contributed by atoms with Crippen molar-refractivity contribution in [1.82, 2.24) is 10.9 Å². The van der Waals surface area contributed by atoms with Gasteiger partial charge in [0.25, 0.3) is 11.8 Å². The molecule has 0 aromatic heterocycles. The van der Waals surface area contributed by atoms with Gasteiger partial charge in [-0.05, 0) is 42.5 Å². The number of hydrogen-bond acceptors (Lipinski definition) is 6. The number of methoxy groups -OCH3 is 2. The molecule has 2 N–H and O–H groups in total. The summed E-state index contributed by atoms with van der Waals surface area (Å²) in [6.07, 6.45) is 0. The number of carbonyl (C=O) groups excluding carboxylic acids is 3. The second-order valence-electron chi connectivity index (χ2n) is 5.15. The van der Waals surface area contributed by atoms with Crippen molar-refractivity contribution in [2.75, 3.05) is 20.8 Å². The predicted molar refractivity (Wildman–Crippen MR) is 96.9 cm³/mol. The normalized spacial score (nSPS) is 9.89. The molecule has 2 aromatic rings. The van der Waals surface area contributed by atoms with Crippen LogP contribution in [0.1, 0.15) is 20.7 Å². The van der Waals surface area contributed by atoms with Gasteiger partial charge in [-0.2, -0.15) is 0 Å². The lowest BCUT2D eigenvalue weighted by Gasteiger charge is -2.11. The molecular weight excluding hydrogens is 376 g/mol. The molecule has 0 saturated carbocycles. The number of amides is 2. The summed E-state index contributed by atoms with van der Waals surface area (Å²) in [6.45, 7) is -0.572. The fourth-order valence-corrected chi connectivity index (χ4v) is 2.20. The summed E-state index contributed by atoms with van der Waals surface area (Å²) in [5, 5.41) is 0.334. The van der Waals surface area contributed by atoms with Crippen molar-refractivity contribution in [2.45, 2.75) is 0 Å². The highest BCUT2D eigenvalue weighted by molar-refractivity contribution is 6.31. The zero-order valence-electron chi connectivity index (χ0n) is 14.6. The molecule has 2 rings (SSSR count). The number of esters is 1. The Morgan fingerprint density at radius 2 is 1.67 bits per heavy atom. The fraction of sp³-hybridized carbons (Fsp3) is 0.167. The molecule has 0 atom stereocenters. The Labute approximate surface area is 160 Å². The average Bonchev–Trinajstić information content (AvgIpc) is 2.70. The van der Waals surface area contributed by atoms with Gasteiger partial charge in [0.2, 0.25) is 0 Å². The Morgan fingerprint density at radius 1 is 0.963 bits per heavy atom. The molecule has 0 aliphatic rings. The first-order valence-electron chi connectivity index (χ1n) is 7.68. The number of hydrazine groups is 1. The van der Waals surface area contributed by atoms with Gasteiger partial charge in [-0.3, -0.25) is 20.4 Å². The highest BCUT2D eigenvalue weighted by Crippen LogP contribution is 2.22. The Hall–Kier alpha value is -3.26. The van der Waals surface area contributed by atoms with Crippen LogP contribution in [0.2, 0.25) is 5.02 Å². The van der Waals surface area contributed by atoms with E-state index in [9.17, 15) is 14.4 Å². The smallest absolute Gasteiger partial charge is 0.338 e. The molecule has 0 unspecified atom stereocenters. The molecule has 142 valence electrons. The Morgan fingerprint density at radius 3 is 2.30 bits per heavy atom. The minimum absolute atomic E-state index is 0.139. The summed E-state index contributed by atoms with van der Waals surface area (Å²) in [5.41, 5.74) is 4.74. The van der Waals surface area contributed by atoms with Crippen LogP contribution in [-0.2, 0) is 9.53 Å². The Balaban J connectivity index is 1.84. The first kappa shape index (κ1) is 20.1. The molecule has 0 saturated heterocycles. The van der Waals surface area contributed by atoms with Crippen molar-refractivity contribution in [3.8, 4) is 11.5 Å². The number of rotatable bonds is 6. The second-order valence-corrected chi connectivity index (χ2v) is 5.59. The summed E-state index contributed by atoms with van der Waals surface area (Å²) >= 11 is 5.85. The largest absolute Gasteiger partial charge is 0.497 e. The van der Waals surface area contributed by atoms with E-state index in [1.807, 2.05) is 0 Å². The van der Waals surface area contributed by atoms with E-state index >= 15 is 0 Å². The van der Waals surface area contributed by atoms with Crippen LogP contribution in [0.3, 0.4) is 0 Å². The third-order valence-electron chi connectivity index (χ3n) is 3.38. The zero-order chi connectivity index (χ0) is 19.8. The summed E-state index contributed by atoms with van der Waals surface area (Å²) in [4.78, 5) is 35.7. The highest BCUT2D eigenvalue weighted by atomic mass is 35.5. The average molecular weight is 393 g/mol. The van der Waals surface area contributed by atoms with Crippen LogP contribution in [0, 0.1) is 0 Å². The maximum Gasteiger partial charge on any atom is 0.338 e. The van der Waals surface area contributed by atoms with E-state index in [4.69, 9.17) is 25.8 Å². The first-order valence-corrected chi connectivity index (χ1v) is 8.06. The van der Waals surface area contributed by atoms with Crippen LogP contribution in [0.25, 0.3) is 0 Å². The van der Waals surface area contributed by atoms with E-state index in [0.717, 1.165) is 0 Å². The van der Waals surface area contributed by atoms with Gasteiger partial charge in [0.05, 0.1) is 25.3 Å². The number of hydrogen-bond donors (Lipinski definition) is 2. The lowest BCUT2D eigenvalue weighted by Crippen LogP contribution is -2.43. The topological polar surface area (TPSA) is 103 Å². The standard InChI is InChI=1S/C18H17ClN2O6/c1-25-13-6-3-11(4-7-13)18(24)27-10-16(22)20-21-17(23)14-9-12(19)5-8-15(14)26-2/h3-9H,10H2,1-2H3,(H,20,22)(H,21,23). The zero-order valence-corrected chi connectivity index (χ0v) is 15.3. The SMILES string of the molecule is COc1ccc(C(=O)OCC(=O)NNC(=O)c2cc(Cl)ccc2OC)cc1. The molecule has 0 fully saturated rings. The third kappa shape index (κ3) is 5.61. The Bertz CT molecular complexity index is 838. The van der Waals surface area contributed by atoms with Gasteiger partial charge >= 0.3 is 5.97 Å². The molecule has 2 aromatic carbocycles. The van der Waals surface area contributed by atoms with Crippen molar-refractivity contribution in [3.63, 3.8) is 0 Å². The minimum atomic E-state index is -0.716. The van der Waals surface area contributed by atoms with Gasteiger partial charge in [0.15, 0.2) is 6.61 Å².